The number of imidazole rings is 1. The largest absolute Gasteiger partial charge is 0.387 e. The van der Waals surface area contributed by atoms with E-state index in [2.05, 4.69) is 9.55 Å². The van der Waals surface area contributed by atoms with Crippen molar-refractivity contribution in [3.8, 4) is 0 Å². The summed E-state index contributed by atoms with van der Waals surface area (Å²) in [5.74, 6) is 3.53. The molecule has 1 heterocycles. The molecule has 0 radical (unpaired) electrons. The lowest BCUT2D eigenvalue weighted by molar-refractivity contribution is 0.295. The summed E-state index contributed by atoms with van der Waals surface area (Å²) in [6.45, 7) is 1.05. The zero-order valence-electron chi connectivity index (χ0n) is 9.30. The second-order valence-corrected chi connectivity index (χ2v) is 5.64. The van der Waals surface area contributed by atoms with Gasteiger partial charge in [-0.25, -0.2) is 4.98 Å². The Labute approximate surface area is 101 Å². The van der Waals surface area contributed by atoms with Crippen LogP contribution in [0.5, 0.6) is 0 Å². The smallest absolute Gasteiger partial charge is 0.167 e. The molecule has 4 heteroatoms. The Hall–Kier alpha value is -0.900. The Morgan fingerprint density at radius 3 is 3.00 bits per heavy atom. The van der Waals surface area contributed by atoms with Crippen LogP contribution in [0.25, 0.3) is 0 Å². The van der Waals surface area contributed by atoms with Crippen LogP contribution in [-0.4, -0.2) is 14.5 Å². The molecule has 0 amide bonds. The third-order valence-electron chi connectivity index (χ3n) is 4.25. The molecule has 2 aliphatic carbocycles. The van der Waals surface area contributed by atoms with E-state index >= 15 is 0 Å². The topological polar surface area (TPSA) is 43.8 Å². The normalized spacial score (nSPS) is 32.1. The van der Waals surface area contributed by atoms with Gasteiger partial charge >= 0.3 is 0 Å². The van der Waals surface area contributed by atoms with Crippen molar-refractivity contribution in [3.05, 3.63) is 18.2 Å². The number of hydrogen-bond acceptors (Lipinski definition) is 2. The summed E-state index contributed by atoms with van der Waals surface area (Å²) in [5, 5.41) is 0. The van der Waals surface area contributed by atoms with E-state index in [1.165, 1.54) is 25.7 Å². The van der Waals surface area contributed by atoms with Crippen molar-refractivity contribution in [1.82, 2.24) is 9.55 Å². The quantitative estimate of drug-likeness (QED) is 0.814. The first-order valence-corrected chi connectivity index (χ1v) is 6.46. The Morgan fingerprint density at radius 1 is 1.50 bits per heavy atom. The molecule has 0 spiro atoms. The molecular formula is C12H17N3S. The van der Waals surface area contributed by atoms with Crippen molar-refractivity contribution in [2.45, 2.75) is 32.2 Å². The average molecular weight is 235 g/mol. The Morgan fingerprint density at radius 2 is 2.38 bits per heavy atom. The maximum atomic E-state index is 5.66. The summed E-state index contributed by atoms with van der Waals surface area (Å²) in [5.41, 5.74) is 5.66. The zero-order valence-corrected chi connectivity index (χ0v) is 10.1. The van der Waals surface area contributed by atoms with Gasteiger partial charge in [0.05, 0.1) is 0 Å². The number of aromatic nitrogens is 2. The van der Waals surface area contributed by atoms with Crippen molar-refractivity contribution in [3.63, 3.8) is 0 Å². The molecular weight excluding hydrogens is 218 g/mol. The molecule has 2 fully saturated rings. The maximum Gasteiger partial charge on any atom is 0.167 e. The molecule has 3 unspecified atom stereocenters. The fraction of sp³-hybridized carbons (Fsp3) is 0.667. The van der Waals surface area contributed by atoms with Crippen LogP contribution in [0.1, 0.15) is 31.5 Å². The third-order valence-corrected chi connectivity index (χ3v) is 4.43. The highest BCUT2D eigenvalue weighted by molar-refractivity contribution is 7.80. The first kappa shape index (κ1) is 10.3. The molecule has 86 valence electrons. The summed E-state index contributed by atoms with van der Waals surface area (Å²) >= 11 is 5.01. The molecule has 1 aromatic rings. The van der Waals surface area contributed by atoms with Gasteiger partial charge in [-0.15, -0.1) is 0 Å². The van der Waals surface area contributed by atoms with Gasteiger partial charge in [0.1, 0.15) is 4.99 Å². The predicted molar refractivity (Wildman–Crippen MR) is 67.1 cm³/mol. The van der Waals surface area contributed by atoms with Crippen LogP contribution in [0.15, 0.2) is 12.4 Å². The summed E-state index contributed by atoms with van der Waals surface area (Å²) in [4.78, 5) is 4.63. The number of rotatable bonds is 3. The van der Waals surface area contributed by atoms with Crippen LogP contribution in [0, 0.1) is 17.8 Å². The molecule has 2 aliphatic rings. The molecule has 1 aromatic heterocycles. The fourth-order valence-corrected chi connectivity index (χ4v) is 3.70. The zero-order chi connectivity index (χ0) is 11.1. The number of thiocarbonyl (C=S) groups is 1. The first-order valence-electron chi connectivity index (χ1n) is 6.05. The lowest BCUT2D eigenvalue weighted by Gasteiger charge is -2.22. The van der Waals surface area contributed by atoms with Crippen LogP contribution in [-0.2, 0) is 6.54 Å². The first-order chi connectivity index (χ1) is 7.74. The number of hydrogen-bond donors (Lipinski definition) is 1. The molecule has 3 rings (SSSR count). The van der Waals surface area contributed by atoms with Crippen LogP contribution in [0.2, 0.25) is 0 Å². The predicted octanol–water partition coefficient (Wildman–Crippen LogP) is 1.95. The standard InChI is InChI=1S/C12H17N3S/c13-11(16)12-14-3-4-15(12)7-10-6-8-1-2-9(10)5-8/h3-4,8-10H,1-2,5-7H2,(H2,13,16). The van der Waals surface area contributed by atoms with Gasteiger partial charge < -0.3 is 10.3 Å². The Balaban J connectivity index is 1.74. The average Bonchev–Trinajstić information content (AvgIpc) is 2.91. The molecule has 2 bridgehead atoms. The number of fused-ring (bicyclic) bond motifs is 2. The van der Waals surface area contributed by atoms with Gasteiger partial charge in [-0.2, -0.15) is 0 Å². The van der Waals surface area contributed by atoms with Gasteiger partial charge in [-0.1, -0.05) is 18.6 Å². The van der Waals surface area contributed by atoms with Crippen LogP contribution < -0.4 is 5.73 Å². The molecule has 0 saturated heterocycles. The van der Waals surface area contributed by atoms with E-state index in [4.69, 9.17) is 18.0 Å². The molecule has 3 atom stereocenters. The fourth-order valence-electron chi connectivity index (χ4n) is 3.53. The minimum Gasteiger partial charge on any atom is -0.387 e. The van der Waals surface area contributed by atoms with Gasteiger partial charge in [-0.05, 0) is 37.0 Å². The van der Waals surface area contributed by atoms with Crippen molar-refractivity contribution in [2.24, 2.45) is 23.5 Å². The van der Waals surface area contributed by atoms with Gasteiger partial charge in [0.15, 0.2) is 5.82 Å². The van der Waals surface area contributed by atoms with Crippen LogP contribution in [0.4, 0.5) is 0 Å². The molecule has 2 saturated carbocycles. The Kier molecular flexibility index (Phi) is 2.46. The van der Waals surface area contributed by atoms with E-state index in [9.17, 15) is 0 Å². The third kappa shape index (κ3) is 1.65. The van der Waals surface area contributed by atoms with Crippen molar-refractivity contribution in [2.75, 3.05) is 0 Å². The molecule has 3 nitrogen and oxygen atoms in total. The van der Waals surface area contributed by atoms with Gasteiger partial charge in [0.2, 0.25) is 0 Å². The van der Waals surface area contributed by atoms with Gasteiger partial charge in [0, 0.05) is 18.9 Å². The second kappa shape index (κ2) is 3.84. The number of nitrogens with two attached hydrogens (primary N) is 1. The highest BCUT2D eigenvalue weighted by atomic mass is 32.1. The monoisotopic (exact) mass is 235 g/mol. The van der Waals surface area contributed by atoms with E-state index in [0.717, 1.165) is 30.1 Å². The van der Waals surface area contributed by atoms with Crippen LogP contribution in [0.3, 0.4) is 0 Å². The van der Waals surface area contributed by atoms with Crippen molar-refractivity contribution < 1.29 is 0 Å². The van der Waals surface area contributed by atoms with E-state index in [-0.39, 0.29) is 0 Å². The van der Waals surface area contributed by atoms with E-state index < -0.39 is 0 Å². The summed E-state index contributed by atoms with van der Waals surface area (Å²) < 4.78 is 2.13. The van der Waals surface area contributed by atoms with Crippen LogP contribution >= 0.6 is 12.2 Å². The summed E-state index contributed by atoms with van der Waals surface area (Å²) in [6.07, 6.45) is 9.50. The summed E-state index contributed by atoms with van der Waals surface area (Å²) in [7, 11) is 0. The molecule has 2 N–H and O–H groups in total. The van der Waals surface area contributed by atoms with E-state index in [1.54, 1.807) is 6.20 Å². The highest BCUT2D eigenvalue weighted by Gasteiger charge is 2.39. The van der Waals surface area contributed by atoms with E-state index in [0.29, 0.717) is 4.99 Å². The highest BCUT2D eigenvalue weighted by Crippen LogP contribution is 2.48. The lowest BCUT2D eigenvalue weighted by atomic mass is 9.89. The lowest BCUT2D eigenvalue weighted by Crippen LogP contribution is -2.22. The van der Waals surface area contributed by atoms with Crippen molar-refractivity contribution in [1.29, 1.82) is 0 Å². The van der Waals surface area contributed by atoms with Crippen molar-refractivity contribution >= 4 is 17.2 Å². The molecule has 0 aromatic carbocycles. The minimum atomic E-state index is 0.410. The summed E-state index contributed by atoms with van der Waals surface area (Å²) in [6, 6.07) is 0. The molecule has 0 aliphatic heterocycles. The van der Waals surface area contributed by atoms with E-state index in [1.807, 2.05) is 6.20 Å². The van der Waals surface area contributed by atoms with Gasteiger partial charge in [0.25, 0.3) is 0 Å². The SMILES string of the molecule is NC(=S)c1nccn1CC1CC2CCC1C2. The second-order valence-electron chi connectivity index (χ2n) is 5.20. The Bertz CT molecular complexity index is 412. The number of nitrogens with zero attached hydrogens (tertiary/aromatic N) is 2. The van der Waals surface area contributed by atoms with Gasteiger partial charge in [-0.3, -0.25) is 0 Å². The molecule has 16 heavy (non-hydrogen) atoms. The minimum absolute atomic E-state index is 0.410. The maximum absolute atomic E-state index is 5.66.